The maximum atomic E-state index is 13.1. The molecule has 0 spiro atoms. The molecule has 0 fully saturated rings. The highest BCUT2D eigenvalue weighted by molar-refractivity contribution is 9.10. The molecule has 0 aromatic heterocycles. The molecular weight excluding hydrogens is 396 g/mol. The van der Waals surface area contributed by atoms with Gasteiger partial charge in [-0.2, -0.15) is 0 Å². The van der Waals surface area contributed by atoms with Gasteiger partial charge >= 0.3 is 11.9 Å². The zero-order valence-electron chi connectivity index (χ0n) is 14.6. The van der Waals surface area contributed by atoms with Gasteiger partial charge in [-0.05, 0) is 35.8 Å². The molecule has 0 aliphatic carbocycles. The largest absolute Gasteiger partial charge is 0.463 e. The highest BCUT2D eigenvalue weighted by Gasteiger charge is 2.51. The van der Waals surface area contributed by atoms with E-state index >= 15 is 0 Å². The topological polar surface area (TPSA) is 52.6 Å². The minimum atomic E-state index is -0.910. The molecule has 134 valence electrons. The summed E-state index contributed by atoms with van der Waals surface area (Å²) < 4.78 is 11.1. The summed E-state index contributed by atoms with van der Waals surface area (Å²) in [5.74, 6) is -1.51. The van der Waals surface area contributed by atoms with Crippen LogP contribution in [0, 0.1) is 0 Å². The molecule has 2 aromatic rings. The summed E-state index contributed by atoms with van der Waals surface area (Å²) in [4.78, 5) is 25.2. The third-order valence-corrected chi connectivity index (χ3v) is 5.41. The number of rotatable bonds is 4. The van der Waals surface area contributed by atoms with Crippen molar-refractivity contribution in [3.05, 3.63) is 82.0 Å². The molecule has 0 bridgehead atoms. The van der Waals surface area contributed by atoms with Gasteiger partial charge in [0.2, 0.25) is 5.76 Å². The Labute approximate surface area is 160 Å². The molecule has 4 nitrogen and oxygen atoms in total. The van der Waals surface area contributed by atoms with Gasteiger partial charge in [0.1, 0.15) is 5.41 Å². The Kier molecular flexibility index (Phi) is 5.28. The van der Waals surface area contributed by atoms with Crippen molar-refractivity contribution in [3.63, 3.8) is 0 Å². The number of methoxy groups -OCH3 is 1. The number of hydrogen-bond donors (Lipinski definition) is 0. The van der Waals surface area contributed by atoms with Gasteiger partial charge in [-0.15, -0.1) is 0 Å². The highest BCUT2D eigenvalue weighted by Crippen LogP contribution is 2.47. The summed E-state index contributed by atoms with van der Waals surface area (Å²) in [7, 11) is 1.27. The monoisotopic (exact) mass is 414 g/mol. The van der Waals surface area contributed by atoms with Crippen molar-refractivity contribution in [1.29, 1.82) is 0 Å². The Hall–Kier alpha value is -2.40. The molecule has 2 aromatic carbocycles. The van der Waals surface area contributed by atoms with Gasteiger partial charge in [0.25, 0.3) is 0 Å². The number of ether oxygens (including phenoxy) is 2. The first-order chi connectivity index (χ1) is 12.5. The summed E-state index contributed by atoms with van der Waals surface area (Å²) in [6.07, 6.45) is 2.23. The smallest absolute Gasteiger partial charge is 0.373 e. The van der Waals surface area contributed by atoms with E-state index < -0.39 is 17.4 Å². The molecule has 0 saturated heterocycles. The second kappa shape index (κ2) is 7.46. The number of halogens is 1. The lowest BCUT2D eigenvalue weighted by Gasteiger charge is -2.40. The van der Waals surface area contributed by atoms with Crippen LogP contribution in [-0.2, 0) is 24.5 Å². The second-order valence-electron chi connectivity index (χ2n) is 6.13. The molecule has 26 heavy (non-hydrogen) atoms. The molecule has 0 N–H and O–H groups in total. The average molecular weight is 415 g/mol. The van der Waals surface area contributed by atoms with E-state index in [1.165, 1.54) is 7.11 Å². The van der Waals surface area contributed by atoms with E-state index in [-0.39, 0.29) is 11.7 Å². The molecule has 0 amide bonds. The molecule has 5 heteroatoms. The average Bonchev–Trinajstić information content (AvgIpc) is 2.68. The standard InChI is InChI=1S/C21H19BrO4/c1-3-21(15-7-5-4-6-8-15)17(14-9-11-16(22)12-10-14)13-18(19(23)25-2)26-20(21)24/h4-13,17H,3H2,1-2H3/t17-,21+/m0/s1. The van der Waals surface area contributed by atoms with Crippen molar-refractivity contribution < 1.29 is 19.1 Å². The van der Waals surface area contributed by atoms with E-state index in [1.807, 2.05) is 61.5 Å². The number of benzene rings is 2. The summed E-state index contributed by atoms with van der Waals surface area (Å²) in [6, 6.07) is 17.3. The van der Waals surface area contributed by atoms with Crippen LogP contribution in [0.3, 0.4) is 0 Å². The van der Waals surface area contributed by atoms with Gasteiger partial charge in [-0.3, -0.25) is 4.79 Å². The predicted octanol–water partition coefficient (Wildman–Crippen LogP) is 4.49. The van der Waals surface area contributed by atoms with Gasteiger partial charge < -0.3 is 9.47 Å². The Morgan fingerprint density at radius 3 is 2.38 bits per heavy atom. The SMILES string of the molecule is CC[C@]1(c2ccccc2)C(=O)OC(C(=O)OC)=C[C@H]1c1ccc(Br)cc1. The molecule has 2 atom stereocenters. The molecule has 1 aliphatic heterocycles. The first-order valence-corrected chi connectivity index (χ1v) is 9.15. The Balaban J connectivity index is 2.23. The maximum absolute atomic E-state index is 13.1. The van der Waals surface area contributed by atoms with Gasteiger partial charge in [0.05, 0.1) is 7.11 Å². The molecule has 3 rings (SSSR count). The Morgan fingerprint density at radius 2 is 1.81 bits per heavy atom. The van der Waals surface area contributed by atoms with E-state index in [0.717, 1.165) is 15.6 Å². The van der Waals surface area contributed by atoms with Crippen molar-refractivity contribution in [2.75, 3.05) is 7.11 Å². The highest BCUT2D eigenvalue weighted by atomic mass is 79.9. The van der Waals surface area contributed by atoms with Gasteiger partial charge in [-0.25, -0.2) is 4.79 Å². The number of allylic oxidation sites excluding steroid dienone is 1. The van der Waals surface area contributed by atoms with E-state index in [4.69, 9.17) is 9.47 Å². The van der Waals surface area contributed by atoms with Crippen LogP contribution in [-0.4, -0.2) is 19.0 Å². The summed E-state index contributed by atoms with van der Waals surface area (Å²) in [5, 5.41) is 0. The minimum absolute atomic E-state index is 0.0644. The maximum Gasteiger partial charge on any atom is 0.373 e. The van der Waals surface area contributed by atoms with Crippen molar-refractivity contribution in [3.8, 4) is 0 Å². The number of esters is 2. The lowest BCUT2D eigenvalue weighted by Crippen LogP contribution is -2.45. The third kappa shape index (κ3) is 3.07. The minimum Gasteiger partial charge on any atom is -0.463 e. The van der Waals surface area contributed by atoms with E-state index in [0.29, 0.717) is 6.42 Å². The van der Waals surface area contributed by atoms with E-state index in [1.54, 1.807) is 6.08 Å². The van der Waals surface area contributed by atoms with Crippen LogP contribution in [0.4, 0.5) is 0 Å². The van der Waals surface area contributed by atoms with Crippen LogP contribution >= 0.6 is 15.9 Å². The Bertz CT molecular complexity index is 842. The van der Waals surface area contributed by atoms with Gasteiger partial charge in [-0.1, -0.05) is 65.3 Å². The number of carbonyl (C=O) groups is 2. The van der Waals surface area contributed by atoms with Crippen molar-refractivity contribution in [1.82, 2.24) is 0 Å². The molecule has 0 unspecified atom stereocenters. The van der Waals surface area contributed by atoms with E-state index in [2.05, 4.69) is 15.9 Å². The van der Waals surface area contributed by atoms with Crippen LogP contribution in [0.15, 0.2) is 70.9 Å². The normalized spacial score (nSPS) is 22.3. The van der Waals surface area contributed by atoms with Crippen LogP contribution < -0.4 is 0 Å². The van der Waals surface area contributed by atoms with Crippen molar-refractivity contribution in [2.45, 2.75) is 24.7 Å². The first kappa shape index (κ1) is 18.4. The van der Waals surface area contributed by atoms with Crippen molar-refractivity contribution >= 4 is 27.9 Å². The molecule has 1 aliphatic rings. The van der Waals surface area contributed by atoms with Gasteiger partial charge in [0, 0.05) is 10.4 Å². The molecule has 0 radical (unpaired) electrons. The number of cyclic esters (lactones) is 1. The zero-order valence-corrected chi connectivity index (χ0v) is 16.2. The second-order valence-corrected chi connectivity index (χ2v) is 7.05. The van der Waals surface area contributed by atoms with Crippen LogP contribution in [0.2, 0.25) is 0 Å². The molecule has 0 saturated carbocycles. The quantitative estimate of drug-likeness (QED) is 0.691. The Morgan fingerprint density at radius 1 is 1.15 bits per heavy atom. The summed E-state index contributed by atoms with van der Waals surface area (Å²) >= 11 is 3.44. The molecule has 1 heterocycles. The lowest BCUT2D eigenvalue weighted by molar-refractivity contribution is -0.156. The third-order valence-electron chi connectivity index (χ3n) is 4.88. The van der Waals surface area contributed by atoms with Crippen LogP contribution in [0.5, 0.6) is 0 Å². The fourth-order valence-electron chi connectivity index (χ4n) is 3.51. The fraction of sp³-hybridized carbons (Fsp3) is 0.238. The van der Waals surface area contributed by atoms with Crippen LogP contribution in [0.1, 0.15) is 30.4 Å². The fourth-order valence-corrected chi connectivity index (χ4v) is 3.77. The van der Waals surface area contributed by atoms with E-state index in [9.17, 15) is 9.59 Å². The summed E-state index contributed by atoms with van der Waals surface area (Å²) in [6.45, 7) is 1.96. The van der Waals surface area contributed by atoms with Gasteiger partial charge in [0.15, 0.2) is 0 Å². The van der Waals surface area contributed by atoms with Crippen LogP contribution in [0.25, 0.3) is 0 Å². The zero-order chi connectivity index (χ0) is 18.7. The number of carbonyl (C=O) groups excluding carboxylic acids is 2. The predicted molar refractivity (Wildman–Crippen MR) is 101 cm³/mol. The lowest BCUT2D eigenvalue weighted by atomic mass is 9.64. The summed E-state index contributed by atoms with van der Waals surface area (Å²) in [5.41, 5.74) is 0.879. The number of hydrogen-bond acceptors (Lipinski definition) is 4. The molecular formula is C21H19BrO4. The van der Waals surface area contributed by atoms with Crippen molar-refractivity contribution in [2.24, 2.45) is 0 Å². The first-order valence-electron chi connectivity index (χ1n) is 8.36.